The van der Waals surface area contributed by atoms with Crippen LogP contribution in [-0.2, 0) is 6.54 Å². The van der Waals surface area contributed by atoms with Gasteiger partial charge < -0.3 is 14.8 Å². The summed E-state index contributed by atoms with van der Waals surface area (Å²) >= 11 is 0. The summed E-state index contributed by atoms with van der Waals surface area (Å²) in [5, 5.41) is 3.56. The number of piperidine rings is 1. The van der Waals surface area contributed by atoms with Crippen LogP contribution in [0.1, 0.15) is 32.3 Å². The van der Waals surface area contributed by atoms with Crippen LogP contribution in [0.4, 0.5) is 10.1 Å². The second-order valence-corrected chi connectivity index (χ2v) is 8.13. The molecule has 2 heterocycles. The van der Waals surface area contributed by atoms with Crippen molar-refractivity contribution < 1.29 is 13.9 Å². The van der Waals surface area contributed by atoms with Crippen LogP contribution in [0.25, 0.3) is 11.4 Å². The van der Waals surface area contributed by atoms with E-state index < -0.39 is 5.82 Å². The number of benzene rings is 2. The lowest BCUT2D eigenvalue weighted by Gasteiger charge is -2.33. The molecule has 2 aromatic carbocycles. The van der Waals surface area contributed by atoms with Gasteiger partial charge in [0.15, 0.2) is 17.3 Å². The zero-order chi connectivity index (χ0) is 23.0. The van der Waals surface area contributed by atoms with Crippen molar-refractivity contribution in [3.8, 4) is 22.9 Å². The van der Waals surface area contributed by atoms with E-state index in [9.17, 15) is 4.39 Å². The van der Waals surface area contributed by atoms with E-state index in [1.165, 1.54) is 0 Å². The molecule has 1 aromatic heterocycles. The molecular formula is C26H31FN4O2. The lowest BCUT2D eigenvalue weighted by atomic mass is 10.0. The van der Waals surface area contributed by atoms with Gasteiger partial charge in [0.25, 0.3) is 0 Å². The van der Waals surface area contributed by atoms with Gasteiger partial charge in [-0.2, -0.15) is 4.39 Å². The van der Waals surface area contributed by atoms with Crippen LogP contribution in [0, 0.1) is 5.82 Å². The summed E-state index contributed by atoms with van der Waals surface area (Å²) in [6, 6.07) is 13.9. The fourth-order valence-corrected chi connectivity index (χ4v) is 4.11. The Bertz CT molecular complexity index is 995. The maximum Gasteiger partial charge on any atom is 0.206 e. The van der Waals surface area contributed by atoms with Crippen molar-refractivity contribution >= 4 is 5.69 Å². The molecule has 0 bridgehead atoms. The van der Waals surface area contributed by atoms with E-state index in [1.54, 1.807) is 12.1 Å². The van der Waals surface area contributed by atoms with Crippen LogP contribution in [-0.4, -0.2) is 47.2 Å². The van der Waals surface area contributed by atoms with Gasteiger partial charge in [-0.25, -0.2) is 9.97 Å². The first-order valence-electron chi connectivity index (χ1n) is 11.6. The van der Waals surface area contributed by atoms with E-state index in [-0.39, 0.29) is 11.5 Å². The number of anilines is 1. The number of hydrogen-bond donors (Lipinski definition) is 1. The van der Waals surface area contributed by atoms with Gasteiger partial charge in [-0.05, 0) is 44.4 Å². The molecule has 1 saturated heterocycles. The normalized spacial score (nSPS) is 14.8. The van der Waals surface area contributed by atoms with Crippen molar-refractivity contribution in [3.63, 3.8) is 0 Å². The molecule has 0 saturated carbocycles. The highest BCUT2D eigenvalue weighted by atomic mass is 19.1. The van der Waals surface area contributed by atoms with E-state index in [4.69, 9.17) is 9.47 Å². The Hall–Kier alpha value is -3.19. The molecule has 1 aliphatic heterocycles. The Morgan fingerprint density at radius 1 is 0.970 bits per heavy atom. The standard InChI is InChI=1S/C26H31FN4O2/c1-3-32-23-14-19(15-24(25(23)27)33-4-2)18-31-12-10-21(11-13-31)30-22-16-28-26(29-17-22)20-8-6-5-7-9-20/h5-9,14-17,21,30H,3-4,10-13,18H2,1-2H3. The maximum atomic E-state index is 14.5. The molecule has 0 amide bonds. The lowest BCUT2D eigenvalue weighted by molar-refractivity contribution is 0.210. The first kappa shape index (κ1) is 23.0. The second kappa shape index (κ2) is 11.1. The number of rotatable bonds is 9. The van der Waals surface area contributed by atoms with Crippen LogP contribution in [0.5, 0.6) is 11.5 Å². The summed E-state index contributed by atoms with van der Waals surface area (Å²) < 4.78 is 25.5. The van der Waals surface area contributed by atoms with Crippen LogP contribution in [0.15, 0.2) is 54.9 Å². The summed E-state index contributed by atoms with van der Waals surface area (Å²) in [4.78, 5) is 11.4. The fourth-order valence-electron chi connectivity index (χ4n) is 4.11. The average Bonchev–Trinajstić information content (AvgIpc) is 2.84. The lowest BCUT2D eigenvalue weighted by Crippen LogP contribution is -2.38. The minimum absolute atomic E-state index is 0.258. The summed E-state index contributed by atoms with van der Waals surface area (Å²) in [5.41, 5.74) is 2.95. The van der Waals surface area contributed by atoms with E-state index in [0.29, 0.717) is 19.3 Å². The van der Waals surface area contributed by atoms with Crippen molar-refractivity contribution in [3.05, 3.63) is 66.2 Å². The molecule has 1 aliphatic rings. The second-order valence-electron chi connectivity index (χ2n) is 8.13. The SMILES string of the molecule is CCOc1cc(CN2CCC(Nc3cnc(-c4ccccc4)nc3)CC2)cc(OCC)c1F. The number of ether oxygens (including phenoxy) is 2. The number of halogens is 1. The molecule has 6 nitrogen and oxygen atoms in total. The number of hydrogen-bond acceptors (Lipinski definition) is 6. The molecular weight excluding hydrogens is 419 g/mol. The maximum absolute atomic E-state index is 14.5. The van der Waals surface area contributed by atoms with Crippen LogP contribution in [0.2, 0.25) is 0 Å². The number of nitrogens with one attached hydrogen (secondary N) is 1. The molecule has 174 valence electrons. The Morgan fingerprint density at radius 2 is 1.58 bits per heavy atom. The molecule has 0 atom stereocenters. The van der Waals surface area contributed by atoms with Gasteiger partial charge in [0.05, 0.1) is 31.3 Å². The van der Waals surface area contributed by atoms with Gasteiger partial charge >= 0.3 is 0 Å². The third kappa shape index (κ3) is 5.99. The van der Waals surface area contributed by atoms with Crippen LogP contribution in [0.3, 0.4) is 0 Å². The summed E-state index contributed by atoms with van der Waals surface area (Å²) in [6.07, 6.45) is 5.73. The number of nitrogens with zero attached hydrogens (tertiary/aromatic N) is 3. The van der Waals surface area contributed by atoms with Crippen molar-refractivity contribution in [2.24, 2.45) is 0 Å². The van der Waals surface area contributed by atoms with Gasteiger partial charge in [-0.15, -0.1) is 0 Å². The molecule has 1 N–H and O–H groups in total. The van der Waals surface area contributed by atoms with Crippen molar-refractivity contribution in [1.29, 1.82) is 0 Å². The molecule has 7 heteroatoms. The first-order valence-corrected chi connectivity index (χ1v) is 11.6. The minimum Gasteiger partial charge on any atom is -0.491 e. The summed E-state index contributed by atoms with van der Waals surface area (Å²) in [5.74, 6) is 0.821. The van der Waals surface area contributed by atoms with Gasteiger partial charge in [0, 0.05) is 31.2 Å². The van der Waals surface area contributed by atoms with Crippen molar-refractivity contribution in [2.45, 2.75) is 39.3 Å². The Balaban J connectivity index is 1.32. The van der Waals surface area contributed by atoms with Gasteiger partial charge in [0.2, 0.25) is 5.82 Å². The minimum atomic E-state index is -0.425. The molecule has 33 heavy (non-hydrogen) atoms. The van der Waals surface area contributed by atoms with Crippen LogP contribution < -0.4 is 14.8 Å². The zero-order valence-corrected chi connectivity index (χ0v) is 19.3. The average molecular weight is 451 g/mol. The molecule has 0 radical (unpaired) electrons. The van der Waals surface area contributed by atoms with E-state index in [2.05, 4.69) is 20.2 Å². The highest BCUT2D eigenvalue weighted by Gasteiger charge is 2.21. The first-order chi connectivity index (χ1) is 16.2. The number of likely N-dealkylation sites (tertiary alicyclic amines) is 1. The van der Waals surface area contributed by atoms with Crippen molar-refractivity contribution in [2.75, 3.05) is 31.6 Å². The third-order valence-corrected chi connectivity index (χ3v) is 5.71. The molecule has 3 aromatic rings. The Morgan fingerprint density at radius 3 is 2.15 bits per heavy atom. The van der Waals surface area contributed by atoms with Gasteiger partial charge in [-0.3, -0.25) is 4.90 Å². The molecule has 1 fully saturated rings. The fraction of sp³-hybridized carbons (Fsp3) is 0.385. The summed E-state index contributed by atoms with van der Waals surface area (Å²) in [6.45, 7) is 7.17. The predicted octanol–water partition coefficient (Wildman–Crippen LogP) is 5.16. The monoisotopic (exact) mass is 450 g/mol. The molecule has 0 aliphatic carbocycles. The number of aromatic nitrogens is 2. The highest BCUT2D eigenvalue weighted by molar-refractivity contribution is 5.55. The van der Waals surface area contributed by atoms with Crippen molar-refractivity contribution in [1.82, 2.24) is 14.9 Å². The largest absolute Gasteiger partial charge is 0.491 e. The zero-order valence-electron chi connectivity index (χ0n) is 19.3. The Kier molecular flexibility index (Phi) is 7.73. The van der Waals surface area contributed by atoms with E-state index >= 15 is 0 Å². The summed E-state index contributed by atoms with van der Waals surface area (Å²) in [7, 11) is 0. The van der Waals surface area contributed by atoms with Crippen LogP contribution >= 0.6 is 0 Å². The highest BCUT2D eigenvalue weighted by Crippen LogP contribution is 2.30. The smallest absolute Gasteiger partial charge is 0.206 e. The van der Waals surface area contributed by atoms with E-state index in [0.717, 1.165) is 55.1 Å². The molecule has 0 spiro atoms. The predicted molar refractivity (Wildman–Crippen MR) is 128 cm³/mol. The van der Waals surface area contributed by atoms with Gasteiger partial charge in [0.1, 0.15) is 0 Å². The molecule has 0 unspecified atom stereocenters. The Labute approximate surface area is 194 Å². The quantitative estimate of drug-likeness (QED) is 0.486. The van der Waals surface area contributed by atoms with E-state index in [1.807, 2.05) is 56.6 Å². The molecule has 4 rings (SSSR count). The van der Waals surface area contributed by atoms with Gasteiger partial charge in [-0.1, -0.05) is 30.3 Å². The third-order valence-electron chi connectivity index (χ3n) is 5.71. The topological polar surface area (TPSA) is 59.5 Å².